The van der Waals surface area contributed by atoms with Crippen LogP contribution in [0.5, 0.6) is 0 Å². The zero-order valence-electron chi connectivity index (χ0n) is 12.7. The highest BCUT2D eigenvalue weighted by atomic mass is 16.5. The molecule has 1 heterocycles. The molecule has 19 heavy (non-hydrogen) atoms. The van der Waals surface area contributed by atoms with Gasteiger partial charge in [-0.2, -0.15) is 0 Å². The van der Waals surface area contributed by atoms with E-state index in [1.807, 2.05) is 0 Å². The lowest BCUT2D eigenvalue weighted by atomic mass is 9.82. The highest BCUT2D eigenvalue weighted by Crippen LogP contribution is 2.38. The summed E-state index contributed by atoms with van der Waals surface area (Å²) in [5, 5.41) is 3.89. The maximum Gasteiger partial charge on any atom is 0.0604 e. The normalized spacial score (nSPS) is 38.5. The molecule has 3 rings (SSSR count). The van der Waals surface area contributed by atoms with Crippen molar-refractivity contribution in [2.45, 2.75) is 82.5 Å². The van der Waals surface area contributed by atoms with Crippen LogP contribution in [0.4, 0.5) is 0 Å². The van der Waals surface area contributed by atoms with Crippen molar-refractivity contribution >= 4 is 0 Å². The molecule has 3 aliphatic rings. The van der Waals surface area contributed by atoms with Crippen LogP contribution in [0.15, 0.2) is 0 Å². The van der Waals surface area contributed by atoms with Crippen LogP contribution >= 0.6 is 0 Å². The fraction of sp³-hybridized carbons (Fsp3) is 1.00. The van der Waals surface area contributed by atoms with Gasteiger partial charge in [-0.3, -0.25) is 4.90 Å². The lowest BCUT2D eigenvalue weighted by molar-refractivity contribution is -0.0753. The minimum atomic E-state index is 0.461. The zero-order valence-corrected chi connectivity index (χ0v) is 12.7. The molecule has 1 spiro atoms. The standard InChI is InChI=1S/C16H30N2O/c1-3-13-11-17-16(7-5-6-8-16)12-18(13)14-9-15(10-14)19-4-2/h13-15,17H,3-12H2,1-2H3. The summed E-state index contributed by atoms with van der Waals surface area (Å²) in [6, 6.07) is 1.54. The third-order valence-electron chi connectivity index (χ3n) is 5.64. The lowest BCUT2D eigenvalue weighted by Crippen LogP contribution is -2.67. The molecule has 1 aliphatic heterocycles. The van der Waals surface area contributed by atoms with Crippen molar-refractivity contribution in [2.75, 3.05) is 19.7 Å². The topological polar surface area (TPSA) is 24.5 Å². The second-order valence-corrected chi connectivity index (χ2v) is 6.81. The molecule has 0 aromatic heterocycles. The number of nitrogens with one attached hydrogen (secondary N) is 1. The fourth-order valence-electron chi connectivity index (χ4n) is 4.36. The molecule has 0 bridgehead atoms. The van der Waals surface area contributed by atoms with Crippen molar-refractivity contribution in [1.29, 1.82) is 0 Å². The SMILES string of the molecule is CCOC1CC(N2CC3(CCCC3)NCC2CC)C1. The Balaban J connectivity index is 1.60. The predicted molar refractivity (Wildman–Crippen MR) is 78.4 cm³/mol. The number of ether oxygens (including phenoxy) is 1. The van der Waals surface area contributed by atoms with Gasteiger partial charge in [-0.1, -0.05) is 19.8 Å². The first-order chi connectivity index (χ1) is 9.26. The van der Waals surface area contributed by atoms with Crippen LogP contribution in [-0.2, 0) is 4.74 Å². The predicted octanol–water partition coefficient (Wildman–Crippen LogP) is 2.55. The Hall–Kier alpha value is -0.120. The van der Waals surface area contributed by atoms with Crippen LogP contribution in [0.3, 0.4) is 0 Å². The molecule has 3 heteroatoms. The molecule has 3 fully saturated rings. The molecule has 2 aliphatic carbocycles. The van der Waals surface area contributed by atoms with Gasteiger partial charge in [-0.15, -0.1) is 0 Å². The van der Waals surface area contributed by atoms with Crippen LogP contribution in [0.25, 0.3) is 0 Å². The summed E-state index contributed by atoms with van der Waals surface area (Å²) in [5.41, 5.74) is 0.461. The largest absolute Gasteiger partial charge is 0.378 e. The molecule has 1 unspecified atom stereocenters. The van der Waals surface area contributed by atoms with E-state index in [2.05, 4.69) is 24.1 Å². The van der Waals surface area contributed by atoms with Gasteiger partial charge in [0.15, 0.2) is 0 Å². The van der Waals surface area contributed by atoms with Crippen LogP contribution in [0.2, 0.25) is 0 Å². The fourth-order valence-corrected chi connectivity index (χ4v) is 4.36. The summed E-state index contributed by atoms with van der Waals surface area (Å²) in [7, 11) is 0. The summed E-state index contributed by atoms with van der Waals surface area (Å²) >= 11 is 0. The van der Waals surface area contributed by atoms with Gasteiger partial charge in [0.2, 0.25) is 0 Å². The van der Waals surface area contributed by atoms with E-state index in [9.17, 15) is 0 Å². The van der Waals surface area contributed by atoms with Gasteiger partial charge in [-0.25, -0.2) is 0 Å². The highest BCUT2D eigenvalue weighted by Gasteiger charge is 2.45. The van der Waals surface area contributed by atoms with Crippen molar-refractivity contribution in [3.63, 3.8) is 0 Å². The van der Waals surface area contributed by atoms with Crippen molar-refractivity contribution in [3.8, 4) is 0 Å². The van der Waals surface area contributed by atoms with E-state index in [0.29, 0.717) is 11.6 Å². The molecule has 1 N–H and O–H groups in total. The van der Waals surface area contributed by atoms with Gasteiger partial charge in [0, 0.05) is 37.3 Å². The molecule has 2 saturated carbocycles. The monoisotopic (exact) mass is 266 g/mol. The van der Waals surface area contributed by atoms with Crippen molar-refractivity contribution < 1.29 is 4.74 Å². The molecule has 0 amide bonds. The van der Waals surface area contributed by atoms with Gasteiger partial charge in [0.1, 0.15) is 0 Å². The summed E-state index contributed by atoms with van der Waals surface area (Å²) < 4.78 is 5.74. The number of hydrogen-bond acceptors (Lipinski definition) is 3. The van der Waals surface area contributed by atoms with Crippen molar-refractivity contribution in [1.82, 2.24) is 10.2 Å². The van der Waals surface area contributed by atoms with E-state index in [1.54, 1.807) is 0 Å². The van der Waals surface area contributed by atoms with E-state index in [4.69, 9.17) is 4.74 Å². The Kier molecular flexibility index (Phi) is 4.16. The van der Waals surface area contributed by atoms with E-state index >= 15 is 0 Å². The van der Waals surface area contributed by atoms with Gasteiger partial charge in [0.25, 0.3) is 0 Å². The Morgan fingerprint density at radius 3 is 2.58 bits per heavy atom. The summed E-state index contributed by atoms with van der Waals surface area (Å²) in [5.74, 6) is 0. The van der Waals surface area contributed by atoms with Crippen LogP contribution < -0.4 is 5.32 Å². The van der Waals surface area contributed by atoms with Crippen molar-refractivity contribution in [2.24, 2.45) is 0 Å². The molecule has 1 saturated heterocycles. The Morgan fingerprint density at radius 2 is 1.95 bits per heavy atom. The lowest BCUT2D eigenvalue weighted by Gasteiger charge is -2.53. The minimum absolute atomic E-state index is 0.461. The number of nitrogens with zero attached hydrogens (tertiary/aromatic N) is 1. The molecule has 0 radical (unpaired) electrons. The highest BCUT2D eigenvalue weighted by molar-refractivity contribution is 5.04. The summed E-state index contributed by atoms with van der Waals surface area (Å²) in [4.78, 5) is 2.83. The number of piperazine rings is 1. The Labute approximate surface area is 118 Å². The van der Waals surface area contributed by atoms with Gasteiger partial charge < -0.3 is 10.1 Å². The smallest absolute Gasteiger partial charge is 0.0604 e. The quantitative estimate of drug-likeness (QED) is 0.846. The molecular weight excluding hydrogens is 236 g/mol. The third-order valence-corrected chi connectivity index (χ3v) is 5.64. The van der Waals surface area contributed by atoms with E-state index in [0.717, 1.165) is 18.7 Å². The van der Waals surface area contributed by atoms with E-state index in [-0.39, 0.29) is 0 Å². The van der Waals surface area contributed by atoms with Crippen LogP contribution in [0.1, 0.15) is 58.8 Å². The maximum atomic E-state index is 5.74. The maximum absolute atomic E-state index is 5.74. The summed E-state index contributed by atoms with van der Waals surface area (Å²) in [6.45, 7) is 7.81. The third kappa shape index (κ3) is 2.70. The second-order valence-electron chi connectivity index (χ2n) is 6.81. The van der Waals surface area contributed by atoms with Crippen LogP contribution in [-0.4, -0.2) is 48.3 Å². The van der Waals surface area contributed by atoms with Crippen LogP contribution in [0, 0.1) is 0 Å². The molecule has 1 atom stereocenters. The first-order valence-electron chi connectivity index (χ1n) is 8.38. The first-order valence-corrected chi connectivity index (χ1v) is 8.38. The van der Waals surface area contributed by atoms with Gasteiger partial charge >= 0.3 is 0 Å². The molecular formula is C16H30N2O. The second kappa shape index (κ2) is 5.71. The van der Waals surface area contributed by atoms with E-state index < -0.39 is 0 Å². The Bertz CT molecular complexity index is 295. The number of hydrogen-bond donors (Lipinski definition) is 1. The van der Waals surface area contributed by atoms with Gasteiger partial charge in [-0.05, 0) is 39.0 Å². The van der Waals surface area contributed by atoms with Gasteiger partial charge in [0.05, 0.1) is 6.10 Å². The molecule has 0 aromatic rings. The molecule has 3 nitrogen and oxygen atoms in total. The first kappa shape index (κ1) is 13.8. The van der Waals surface area contributed by atoms with Crippen molar-refractivity contribution in [3.05, 3.63) is 0 Å². The molecule has 110 valence electrons. The average molecular weight is 266 g/mol. The molecule has 0 aromatic carbocycles. The zero-order chi connectivity index (χ0) is 13.3. The minimum Gasteiger partial charge on any atom is -0.378 e. The average Bonchev–Trinajstić information content (AvgIpc) is 2.82. The summed E-state index contributed by atoms with van der Waals surface area (Å²) in [6.07, 6.45) is 9.97. The van der Waals surface area contributed by atoms with E-state index in [1.165, 1.54) is 58.0 Å². The number of rotatable bonds is 4. The Morgan fingerprint density at radius 1 is 1.21 bits per heavy atom.